The monoisotopic (exact) mass is 175 g/mol. The molecule has 0 N–H and O–H groups in total. The molecule has 0 saturated heterocycles. The maximum Gasteiger partial charge on any atom is 0.179 e. The molecule has 0 radical (unpaired) electrons. The van der Waals surface area contributed by atoms with E-state index in [2.05, 4.69) is 10.1 Å². The number of fused-ring (bicyclic) bond motifs is 1. The molecule has 0 atom stereocenters. The van der Waals surface area contributed by atoms with E-state index in [1.54, 1.807) is 16.9 Å². The Bertz CT molecular complexity index is 473. The number of hydrogen-bond acceptors (Lipinski definition) is 3. The van der Waals surface area contributed by atoms with Crippen molar-refractivity contribution in [2.45, 2.75) is 13.8 Å². The van der Waals surface area contributed by atoms with Gasteiger partial charge in [0.05, 0.1) is 6.20 Å². The first-order valence-corrected chi connectivity index (χ1v) is 4.00. The first-order chi connectivity index (χ1) is 6.20. The third kappa shape index (κ3) is 1.11. The van der Waals surface area contributed by atoms with Gasteiger partial charge in [-0.15, -0.1) is 0 Å². The lowest BCUT2D eigenvalue weighted by molar-refractivity contribution is 0.101. The van der Waals surface area contributed by atoms with Crippen LogP contribution < -0.4 is 0 Å². The van der Waals surface area contributed by atoms with Crippen LogP contribution in [-0.4, -0.2) is 20.4 Å². The molecule has 0 aromatic carbocycles. The van der Waals surface area contributed by atoms with Crippen LogP contribution >= 0.6 is 0 Å². The molecule has 0 fully saturated rings. The molecule has 0 aliphatic heterocycles. The first kappa shape index (κ1) is 7.91. The molecule has 0 spiro atoms. The van der Waals surface area contributed by atoms with Gasteiger partial charge in [-0.25, -0.2) is 9.50 Å². The van der Waals surface area contributed by atoms with Crippen LogP contribution in [0, 0.1) is 6.92 Å². The van der Waals surface area contributed by atoms with Crippen LogP contribution in [0.2, 0.25) is 0 Å². The zero-order valence-electron chi connectivity index (χ0n) is 7.48. The van der Waals surface area contributed by atoms with E-state index in [0.717, 1.165) is 11.2 Å². The van der Waals surface area contributed by atoms with Crippen molar-refractivity contribution in [3.05, 3.63) is 29.7 Å². The first-order valence-electron chi connectivity index (χ1n) is 4.00. The molecule has 0 bridgehead atoms. The van der Waals surface area contributed by atoms with Crippen molar-refractivity contribution in [1.29, 1.82) is 0 Å². The number of hydrogen-bond donors (Lipinski definition) is 0. The van der Waals surface area contributed by atoms with E-state index in [9.17, 15) is 4.79 Å². The van der Waals surface area contributed by atoms with Gasteiger partial charge in [-0.3, -0.25) is 4.79 Å². The van der Waals surface area contributed by atoms with Gasteiger partial charge in [-0.2, -0.15) is 5.10 Å². The lowest BCUT2D eigenvalue weighted by Gasteiger charge is -1.97. The molecule has 66 valence electrons. The van der Waals surface area contributed by atoms with E-state index in [4.69, 9.17) is 0 Å². The van der Waals surface area contributed by atoms with E-state index < -0.39 is 0 Å². The summed E-state index contributed by atoms with van der Waals surface area (Å²) in [6.07, 6.45) is 3.22. The van der Waals surface area contributed by atoms with E-state index in [0.29, 0.717) is 5.69 Å². The SMILES string of the molecule is CC(=O)c1cnc2c(C)ccnn12. The van der Waals surface area contributed by atoms with Crippen molar-refractivity contribution in [1.82, 2.24) is 14.6 Å². The van der Waals surface area contributed by atoms with Crippen molar-refractivity contribution in [3.63, 3.8) is 0 Å². The second kappa shape index (κ2) is 2.65. The predicted octanol–water partition coefficient (Wildman–Crippen LogP) is 1.24. The zero-order chi connectivity index (χ0) is 9.42. The van der Waals surface area contributed by atoms with E-state index in [1.165, 1.54) is 6.92 Å². The minimum atomic E-state index is -0.0226. The summed E-state index contributed by atoms with van der Waals surface area (Å²) >= 11 is 0. The Kier molecular flexibility index (Phi) is 1.62. The Morgan fingerprint density at radius 3 is 3.00 bits per heavy atom. The van der Waals surface area contributed by atoms with Crippen molar-refractivity contribution < 1.29 is 4.79 Å². The molecule has 2 aromatic heterocycles. The smallest absolute Gasteiger partial charge is 0.179 e. The van der Waals surface area contributed by atoms with Gasteiger partial charge >= 0.3 is 0 Å². The van der Waals surface area contributed by atoms with Crippen molar-refractivity contribution in [3.8, 4) is 0 Å². The fourth-order valence-electron chi connectivity index (χ4n) is 1.26. The quantitative estimate of drug-likeness (QED) is 0.612. The van der Waals surface area contributed by atoms with E-state index >= 15 is 0 Å². The number of aryl methyl sites for hydroxylation is 1. The molecule has 0 unspecified atom stereocenters. The molecule has 2 aromatic rings. The van der Waals surface area contributed by atoms with Crippen LogP contribution in [0.25, 0.3) is 5.65 Å². The number of nitrogens with zero attached hydrogens (tertiary/aromatic N) is 3. The molecule has 2 rings (SSSR count). The van der Waals surface area contributed by atoms with E-state index in [1.807, 2.05) is 13.0 Å². The number of carbonyl (C=O) groups is 1. The summed E-state index contributed by atoms with van der Waals surface area (Å²) in [5.74, 6) is -0.0226. The third-order valence-electron chi connectivity index (χ3n) is 1.96. The number of Topliss-reactive ketones (excluding diaryl/α,β-unsaturated/α-hetero) is 1. The van der Waals surface area contributed by atoms with Crippen LogP contribution in [-0.2, 0) is 0 Å². The zero-order valence-corrected chi connectivity index (χ0v) is 7.48. The highest BCUT2D eigenvalue weighted by molar-refractivity contribution is 5.92. The topological polar surface area (TPSA) is 47.3 Å². The van der Waals surface area contributed by atoms with Gasteiger partial charge in [0.1, 0.15) is 5.69 Å². The Balaban J connectivity index is 2.83. The number of ketones is 1. The Labute approximate surface area is 75.2 Å². The third-order valence-corrected chi connectivity index (χ3v) is 1.96. The van der Waals surface area contributed by atoms with Crippen LogP contribution in [0.4, 0.5) is 0 Å². The standard InChI is InChI=1S/C9H9N3O/c1-6-3-4-11-12-8(7(2)13)5-10-9(6)12/h3-5H,1-2H3. The molecule has 0 aliphatic rings. The van der Waals surface area contributed by atoms with Crippen LogP contribution in [0.15, 0.2) is 18.5 Å². The largest absolute Gasteiger partial charge is 0.293 e. The van der Waals surface area contributed by atoms with Gasteiger partial charge in [-0.1, -0.05) is 0 Å². The molecule has 0 aliphatic carbocycles. The number of imidazole rings is 1. The minimum absolute atomic E-state index is 0.0226. The highest BCUT2D eigenvalue weighted by atomic mass is 16.1. The van der Waals surface area contributed by atoms with Gasteiger partial charge in [-0.05, 0) is 18.6 Å². The van der Waals surface area contributed by atoms with Crippen LogP contribution in [0.5, 0.6) is 0 Å². The average molecular weight is 175 g/mol. The Morgan fingerprint density at radius 2 is 2.31 bits per heavy atom. The maximum atomic E-state index is 11.1. The van der Waals surface area contributed by atoms with E-state index in [-0.39, 0.29) is 5.78 Å². The Hall–Kier alpha value is -1.71. The minimum Gasteiger partial charge on any atom is -0.293 e. The molecule has 4 heteroatoms. The van der Waals surface area contributed by atoms with Crippen LogP contribution in [0.3, 0.4) is 0 Å². The second-order valence-corrected chi connectivity index (χ2v) is 2.95. The summed E-state index contributed by atoms with van der Waals surface area (Å²) in [7, 11) is 0. The lowest BCUT2D eigenvalue weighted by atomic mass is 10.3. The highest BCUT2D eigenvalue weighted by Crippen LogP contribution is 2.08. The van der Waals surface area contributed by atoms with Crippen molar-refractivity contribution in [2.75, 3.05) is 0 Å². The normalized spacial score (nSPS) is 10.6. The molecule has 2 heterocycles. The summed E-state index contributed by atoms with van der Waals surface area (Å²) in [5.41, 5.74) is 2.29. The van der Waals surface area contributed by atoms with Gasteiger partial charge < -0.3 is 0 Å². The van der Waals surface area contributed by atoms with Gasteiger partial charge in [0, 0.05) is 13.1 Å². The van der Waals surface area contributed by atoms with Crippen molar-refractivity contribution in [2.24, 2.45) is 0 Å². The second-order valence-electron chi connectivity index (χ2n) is 2.95. The highest BCUT2D eigenvalue weighted by Gasteiger charge is 2.08. The lowest BCUT2D eigenvalue weighted by Crippen LogP contribution is -2.01. The maximum absolute atomic E-state index is 11.1. The summed E-state index contributed by atoms with van der Waals surface area (Å²) in [6.45, 7) is 3.45. The summed E-state index contributed by atoms with van der Waals surface area (Å²) in [5, 5.41) is 4.06. The summed E-state index contributed by atoms with van der Waals surface area (Å²) in [6, 6.07) is 1.87. The molecular formula is C9H9N3O. The Morgan fingerprint density at radius 1 is 1.54 bits per heavy atom. The summed E-state index contributed by atoms with van der Waals surface area (Å²) < 4.78 is 1.57. The fourth-order valence-corrected chi connectivity index (χ4v) is 1.26. The predicted molar refractivity (Wildman–Crippen MR) is 47.7 cm³/mol. The molecule has 4 nitrogen and oxygen atoms in total. The molecule has 13 heavy (non-hydrogen) atoms. The molecular weight excluding hydrogens is 166 g/mol. The summed E-state index contributed by atoms with van der Waals surface area (Å²) in [4.78, 5) is 15.3. The number of aromatic nitrogens is 3. The number of carbonyl (C=O) groups excluding carboxylic acids is 1. The van der Waals surface area contributed by atoms with Crippen molar-refractivity contribution >= 4 is 11.4 Å². The van der Waals surface area contributed by atoms with Gasteiger partial charge in [0.2, 0.25) is 0 Å². The van der Waals surface area contributed by atoms with Crippen LogP contribution in [0.1, 0.15) is 23.0 Å². The van der Waals surface area contributed by atoms with Gasteiger partial charge in [0.15, 0.2) is 11.4 Å². The molecule has 0 amide bonds. The average Bonchev–Trinajstić information content (AvgIpc) is 2.48. The van der Waals surface area contributed by atoms with Gasteiger partial charge in [0.25, 0.3) is 0 Å². The fraction of sp³-hybridized carbons (Fsp3) is 0.222. The molecule has 0 saturated carbocycles. The number of rotatable bonds is 1.